The maximum atomic E-state index is 14.0. The number of likely N-dealkylation sites (tertiary alicyclic amines) is 1. The van der Waals surface area contributed by atoms with E-state index >= 15 is 0 Å². The molecule has 0 unspecified atom stereocenters. The van der Waals surface area contributed by atoms with Crippen LogP contribution in [0.25, 0.3) is 11.0 Å². The summed E-state index contributed by atoms with van der Waals surface area (Å²) in [6.07, 6.45) is 0.104. The maximum absolute atomic E-state index is 14.0. The molecule has 0 radical (unpaired) electrons. The fourth-order valence-corrected chi connectivity index (χ4v) is 5.74. The highest BCUT2D eigenvalue weighted by Crippen LogP contribution is 2.40. The number of benzene rings is 1. The zero-order valence-corrected chi connectivity index (χ0v) is 23.0. The number of carbonyl (C=O) groups is 1. The van der Waals surface area contributed by atoms with E-state index in [1.807, 2.05) is 55.7 Å². The van der Waals surface area contributed by atoms with Gasteiger partial charge in [-0.25, -0.2) is 18.7 Å². The summed E-state index contributed by atoms with van der Waals surface area (Å²) in [5.74, 6) is -1.41. The van der Waals surface area contributed by atoms with Gasteiger partial charge >= 0.3 is 13.1 Å². The predicted octanol–water partition coefficient (Wildman–Crippen LogP) is 3.86. The van der Waals surface area contributed by atoms with Crippen molar-refractivity contribution in [3.05, 3.63) is 47.4 Å². The zero-order valence-electron chi connectivity index (χ0n) is 23.0. The Morgan fingerprint density at radius 1 is 1.18 bits per heavy atom. The first kappa shape index (κ1) is 27.0. The van der Waals surface area contributed by atoms with Gasteiger partial charge in [0.1, 0.15) is 5.52 Å². The first-order valence-electron chi connectivity index (χ1n) is 13.6. The number of anilines is 2. The van der Waals surface area contributed by atoms with Crippen molar-refractivity contribution in [3.8, 4) is 0 Å². The molecule has 40 heavy (non-hydrogen) atoms. The molecule has 0 saturated carbocycles. The Hall–Kier alpha value is -3.22. The molecule has 6 rings (SSSR count). The number of fused-ring (bicyclic) bond motifs is 2. The molecular formula is C28H32BF2N5O4. The minimum Gasteiger partial charge on any atom is -0.481 e. The van der Waals surface area contributed by atoms with E-state index in [1.165, 1.54) is 0 Å². The lowest BCUT2D eigenvalue weighted by molar-refractivity contribution is -0.141. The van der Waals surface area contributed by atoms with Crippen molar-refractivity contribution in [2.75, 3.05) is 24.5 Å². The van der Waals surface area contributed by atoms with Crippen molar-refractivity contribution in [2.24, 2.45) is 5.92 Å². The Kier molecular flexibility index (Phi) is 6.55. The number of hydrogen-bond acceptors (Lipinski definition) is 8. The molecule has 0 aliphatic carbocycles. The van der Waals surface area contributed by atoms with Crippen LogP contribution in [0.4, 0.5) is 20.3 Å². The van der Waals surface area contributed by atoms with Crippen LogP contribution in [0.3, 0.4) is 0 Å². The second kappa shape index (κ2) is 9.71. The number of rotatable bonds is 6. The Balaban J connectivity index is 1.35. The molecule has 3 aromatic rings. The molecule has 2 saturated heterocycles. The SMILES string of the molecule is CC1(C)OB(c2cccc3c2CCN3c2nc(C(F)F)nc3cc(CN4CC[C@@H](C(=O)O)C4)cnc23)OC1(C)C. The summed E-state index contributed by atoms with van der Waals surface area (Å²) in [5, 5.41) is 9.30. The van der Waals surface area contributed by atoms with Gasteiger partial charge in [0.05, 0.1) is 22.6 Å². The molecular weight excluding hydrogens is 519 g/mol. The maximum Gasteiger partial charge on any atom is 0.495 e. The van der Waals surface area contributed by atoms with E-state index in [4.69, 9.17) is 9.31 Å². The molecule has 0 spiro atoms. The van der Waals surface area contributed by atoms with Gasteiger partial charge in [-0.2, -0.15) is 0 Å². The highest BCUT2D eigenvalue weighted by molar-refractivity contribution is 6.63. The van der Waals surface area contributed by atoms with Gasteiger partial charge in [0, 0.05) is 31.5 Å². The molecule has 3 aliphatic rings. The number of carboxylic acid groups (broad SMARTS) is 1. The lowest BCUT2D eigenvalue weighted by atomic mass is 9.75. The fourth-order valence-electron chi connectivity index (χ4n) is 5.74. The molecule has 3 aliphatic heterocycles. The quantitative estimate of drug-likeness (QED) is 0.458. The smallest absolute Gasteiger partial charge is 0.481 e. The van der Waals surface area contributed by atoms with E-state index in [1.54, 1.807) is 12.3 Å². The number of nitrogens with zero attached hydrogens (tertiary/aromatic N) is 5. The number of hydrogen-bond donors (Lipinski definition) is 1. The molecule has 0 amide bonds. The normalized spacial score (nSPS) is 22.0. The van der Waals surface area contributed by atoms with Crippen molar-refractivity contribution in [2.45, 2.75) is 64.7 Å². The van der Waals surface area contributed by atoms with Crippen molar-refractivity contribution in [1.29, 1.82) is 0 Å². The molecule has 1 N–H and O–H groups in total. The summed E-state index contributed by atoms with van der Waals surface area (Å²) < 4.78 is 40.5. The Labute approximate surface area is 231 Å². The van der Waals surface area contributed by atoms with E-state index in [9.17, 15) is 18.7 Å². The molecule has 9 nitrogen and oxygen atoms in total. The van der Waals surface area contributed by atoms with E-state index in [2.05, 4.69) is 15.0 Å². The number of aromatic nitrogens is 3. The van der Waals surface area contributed by atoms with E-state index in [0.29, 0.717) is 55.9 Å². The third-order valence-corrected chi connectivity index (χ3v) is 8.64. The van der Waals surface area contributed by atoms with E-state index < -0.39 is 42.5 Å². The molecule has 2 aromatic heterocycles. The standard InChI is InChI=1S/C28H32BF2N5O4/c1-27(2)28(3,4)40-29(39-27)19-6-5-7-21-18(19)9-11-36(21)25-22-20(33-24(34-25)23(30)31)12-16(13-32-22)14-35-10-8-17(15-35)26(37)38/h5-7,12-13,17,23H,8-11,14-15H2,1-4H3,(H,37,38)/t17-/m1/s1. The van der Waals surface area contributed by atoms with Gasteiger partial charge in [0.2, 0.25) is 0 Å². The molecule has 1 aromatic carbocycles. The molecule has 0 bridgehead atoms. The van der Waals surface area contributed by atoms with E-state index in [0.717, 1.165) is 22.3 Å². The monoisotopic (exact) mass is 551 g/mol. The van der Waals surface area contributed by atoms with Gasteiger partial charge in [0.15, 0.2) is 11.6 Å². The van der Waals surface area contributed by atoms with Crippen LogP contribution in [-0.4, -0.2) is 68.9 Å². The second-order valence-electron chi connectivity index (χ2n) is 11.8. The minimum atomic E-state index is -2.85. The van der Waals surface area contributed by atoms with Gasteiger partial charge in [-0.3, -0.25) is 14.7 Å². The third-order valence-electron chi connectivity index (χ3n) is 8.64. The van der Waals surface area contributed by atoms with Crippen LogP contribution in [0.2, 0.25) is 0 Å². The molecule has 12 heteroatoms. The van der Waals surface area contributed by atoms with Gasteiger partial charge in [0.25, 0.3) is 6.43 Å². The van der Waals surface area contributed by atoms with Crippen LogP contribution in [0.1, 0.15) is 57.5 Å². The first-order chi connectivity index (χ1) is 18.9. The third kappa shape index (κ3) is 4.61. The number of halogens is 2. The average Bonchev–Trinajstić information content (AvgIpc) is 3.59. The second-order valence-corrected chi connectivity index (χ2v) is 11.8. The Morgan fingerprint density at radius 2 is 1.93 bits per heavy atom. The van der Waals surface area contributed by atoms with E-state index in [-0.39, 0.29) is 0 Å². The number of carboxylic acids is 1. The predicted molar refractivity (Wildman–Crippen MR) is 146 cm³/mol. The average molecular weight is 551 g/mol. The van der Waals surface area contributed by atoms with Crippen LogP contribution < -0.4 is 10.4 Å². The number of aliphatic carboxylic acids is 1. The van der Waals surface area contributed by atoms with Gasteiger partial charge < -0.3 is 19.3 Å². The van der Waals surface area contributed by atoms with Crippen LogP contribution >= 0.6 is 0 Å². The molecule has 210 valence electrons. The van der Waals surface area contributed by atoms with Gasteiger partial charge in [-0.05, 0) is 75.8 Å². The van der Waals surface area contributed by atoms with Crippen molar-refractivity contribution in [3.63, 3.8) is 0 Å². The first-order valence-corrected chi connectivity index (χ1v) is 13.6. The summed E-state index contributed by atoms with van der Waals surface area (Å²) in [7, 11) is -0.536. The minimum absolute atomic E-state index is 0.336. The van der Waals surface area contributed by atoms with Crippen molar-refractivity contribution in [1.82, 2.24) is 19.9 Å². The summed E-state index contributed by atoms with van der Waals surface area (Å²) in [4.78, 5) is 28.3. The summed E-state index contributed by atoms with van der Waals surface area (Å²) in [5.41, 5.74) is 3.40. The lowest BCUT2D eigenvalue weighted by Gasteiger charge is -2.32. The summed E-state index contributed by atoms with van der Waals surface area (Å²) >= 11 is 0. The number of alkyl halides is 2. The van der Waals surface area contributed by atoms with Crippen LogP contribution in [-0.2, 0) is 27.1 Å². The van der Waals surface area contributed by atoms with Crippen LogP contribution in [0.5, 0.6) is 0 Å². The van der Waals surface area contributed by atoms with Gasteiger partial charge in [-0.15, -0.1) is 0 Å². The zero-order chi connectivity index (χ0) is 28.4. The van der Waals surface area contributed by atoms with Crippen molar-refractivity contribution >= 4 is 41.1 Å². The largest absolute Gasteiger partial charge is 0.495 e. The van der Waals surface area contributed by atoms with Crippen LogP contribution in [0, 0.1) is 5.92 Å². The molecule has 1 atom stereocenters. The highest BCUT2D eigenvalue weighted by atomic mass is 19.3. The molecule has 2 fully saturated rings. The highest BCUT2D eigenvalue weighted by Gasteiger charge is 2.52. The fraction of sp³-hybridized carbons (Fsp3) is 0.500. The van der Waals surface area contributed by atoms with Crippen LogP contribution in [0.15, 0.2) is 30.5 Å². The van der Waals surface area contributed by atoms with Crippen molar-refractivity contribution < 1.29 is 28.0 Å². The lowest BCUT2D eigenvalue weighted by Crippen LogP contribution is -2.41. The molecule has 5 heterocycles. The summed E-state index contributed by atoms with van der Waals surface area (Å²) in [6, 6.07) is 7.62. The number of pyridine rings is 1. The Morgan fingerprint density at radius 3 is 2.60 bits per heavy atom. The Bertz CT molecular complexity index is 1470. The van der Waals surface area contributed by atoms with Gasteiger partial charge in [-0.1, -0.05) is 12.1 Å². The summed E-state index contributed by atoms with van der Waals surface area (Å²) in [6.45, 7) is 10.1. The topological polar surface area (TPSA) is 101 Å².